The van der Waals surface area contributed by atoms with E-state index in [0.717, 1.165) is 0 Å². The third-order valence-electron chi connectivity index (χ3n) is 5.14. The molecule has 2 aromatic rings. The zero-order valence-corrected chi connectivity index (χ0v) is 17.7. The van der Waals surface area contributed by atoms with E-state index in [4.69, 9.17) is 4.74 Å². The van der Waals surface area contributed by atoms with Crippen molar-refractivity contribution in [3.8, 4) is 0 Å². The summed E-state index contributed by atoms with van der Waals surface area (Å²) in [5, 5.41) is 11.6. The van der Waals surface area contributed by atoms with Gasteiger partial charge in [-0.3, -0.25) is 19.5 Å². The lowest BCUT2D eigenvalue weighted by Crippen LogP contribution is -2.70. The zero-order chi connectivity index (χ0) is 22.8. The Kier molecular flexibility index (Phi) is 5.95. The molecule has 2 aliphatic heterocycles. The van der Waals surface area contributed by atoms with Crippen molar-refractivity contribution in [1.82, 2.24) is 15.2 Å². The van der Waals surface area contributed by atoms with Gasteiger partial charge >= 0.3 is 11.9 Å². The standard InChI is InChI=1S/C22H19N3O6S/c1-12-11-32-20-15(19(27)25(20)16(12)21(28)29)24-18(26)17(13-5-3-2-4-6-13)31-22(30)14-7-9-23-10-8-14/h2-10,15,17,20H,11H2,1H3,(H,24,26)(H,28,29)/t15?,17?,20-/m0/s1. The van der Waals surface area contributed by atoms with Crippen LogP contribution >= 0.6 is 11.8 Å². The first-order chi connectivity index (χ1) is 15.4. The Hall–Kier alpha value is -3.66. The number of nitrogens with zero attached hydrogens (tertiary/aromatic N) is 2. The van der Waals surface area contributed by atoms with Gasteiger partial charge in [0.1, 0.15) is 17.1 Å². The molecule has 0 bridgehead atoms. The molecule has 2 amide bonds. The van der Waals surface area contributed by atoms with Gasteiger partial charge in [0, 0.05) is 23.7 Å². The number of carbonyl (C=O) groups excluding carboxylic acids is 3. The maximum Gasteiger partial charge on any atom is 0.352 e. The minimum absolute atomic E-state index is 0.0482. The summed E-state index contributed by atoms with van der Waals surface area (Å²) < 4.78 is 5.49. The predicted octanol–water partition coefficient (Wildman–Crippen LogP) is 1.74. The smallest absolute Gasteiger partial charge is 0.352 e. The third-order valence-corrected chi connectivity index (χ3v) is 6.56. The summed E-state index contributed by atoms with van der Waals surface area (Å²) in [5.41, 5.74) is 1.21. The van der Waals surface area contributed by atoms with Gasteiger partial charge in [0.25, 0.3) is 11.8 Å². The number of carbonyl (C=O) groups is 4. The number of carboxylic acid groups (broad SMARTS) is 1. The highest BCUT2D eigenvalue weighted by Gasteiger charge is 2.54. The fourth-order valence-corrected chi connectivity index (χ4v) is 4.86. The van der Waals surface area contributed by atoms with Crippen LogP contribution < -0.4 is 5.32 Å². The first kappa shape index (κ1) is 21.6. The lowest BCUT2D eigenvalue weighted by Gasteiger charge is -2.49. The second kappa shape index (κ2) is 8.83. The van der Waals surface area contributed by atoms with Crippen molar-refractivity contribution in [3.63, 3.8) is 0 Å². The van der Waals surface area contributed by atoms with E-state index in [1.165, 1.54) is 41.2 Å². The van der Waals surface area contributed by atoms with Gasteiger partial charge in [-0.1, -0.05) is 30.3 Å². The monoisotopic (exact) mass is 453 g/mol. The lowest BCUT2D eigenvalue weighted by molar-refractivity contribution is -0.151. The summed E-state index contributed by atoms with van der Waals surface area (Å²) in [6, 6.07) is 10.5. The van der Waals surface area contributed by atoms with E-state index in [1.807, 2.05) is 0 Å². The van der Waals surface area contributed by atoms with Gasteiger partial charge in [-0.25, -0.2) is 9.59 Å². The largest absolute Gasteiger partial charge is 0.477 e. The molecule has 0 radical (unpaired) electrons. The second-order valence-corrected chi connectivity index (χ2v) is 8.37. The fourth-order valence-electron chi connectivity index (χ4n) is 3.57. The third kappa shape index (κ3) is 3.96. The number of esters is 1. The molecule has 4 rings (SSSR count). The molecule has 164 valence electrons. The van der Waals surface area contributed by atoms with Crippen LogP contribution in [0, 0.1) is 0 Å². The number of β-lactam (4-membered cyclic amide) rings is 1. The van der Waals surface area contributed by atoms with Crippen LogP contribution in [0.25, 0.3) is 0 Å². The van der Waals surface area contributed by atoms with Crippen molar-refractivity contribution in [1.29, 1.82) is 0 Å². The quantitative estimate of drug-likeness (QED) is 0.500. The summed E-state index contributed by atoms with van der Waals surface area (Å²) in [7, 11) is 0. The van der Waals surface area contributed by atoms with Gasteiger partial charge in [-0.15, -0.1) is 11.8 Å². The molecule has 1 saturated heterocycles. The number of aliphatic carboxylic acids is 1. The molecule has 2 aliphatic rings. The number of thioether (sulfide) groups is 1. The Morgan fingerprint density at radius 3 is 2.53 bits per heavy atom. The Bertz CT molecular complexity index is 1110. The van der Waals surface area contributed by atoms with E-state index in [2.05, 4.69) is 10.3 Å². The number of pyridine rings is 1. The molecule has 1 fully saturated rings. The SMILES string of the molecule is CC1=C(C(=O)O)N2C(=O)C(NC(=O)C(OC(=O)c3ccncc3)c3ccccc3)[C@@H]2SC1. The van der Waals surface area contributed by atoms with Gasteiger partial charge in [-0.05, 0) is 24.6 Å². The Balaban J connectivity index is 1.53. The lowest BCUT2D eigenvalue weighted by atomic mass is 10.0. The van der Waals surface area contributed by atoms with Crippen LogP contribution in [0.2, 0.25) is 0 Å². The molecule has 1 aromatic heterocycles. The average molecular weight is 453 g/mol. The molecule has 3 atom stereocenters. The van der Waals surface area contributed by atoms with E-state index < -0.39 is 41.3 Å². The first-order valence-electron chi connectivity index (χ1n) is 9.72. The maximum absolute atomic E-state index is 13.1. The molecule has 0 aliphatic carbocycles. The van der Waals surface area contributed by atoms with Crippen molar-refractivity contribution >= 4 is 35.5 Å². The van der Waals surface area contributed by atoms with E-state index in [-0.39, 0.29) is 11.3 Å². The number of rotatable bonds is 6. The Labute approximate surface area is 187 Å². The first-order valence-corrected chi connectivity index (χ1v) is 10.8. The number of aromatic nitrogens is 1. The van der Waals surface area contributed by atoms with Gasteiger partial charge in [-0.2, -0.15) is 0 Å². The highest BCUT2D eigenvalue weighted by atomic mass is 32.2. The van der Waals surface area contributed by atoms with Crippen LogP contribution in [-0.2, 0) is 19.1 Å². The van der Waals surface area contributed by atoms with Crippen LogP contribution in [0.3, 0.4) is 0 Å². The summed E-state index contributed by atoms with van der Waals surface area (Å²) in [6.45, 7) is 1.66. The molecular weight excluding hydrogens is 434 g/mol. The van der Waals surface area contributed by atoms with Crippen molar-refractivity contribution in [2.45, 2.75) is 24.4 Å². The van der Waals surface area contributed by atoms with E-state index in [0.29, 0.717) is 16.9 Å². The summed E-state index contributed by atoms with van der Waals surface area (Å²) in [5.74, 6) is -2.64. The summed E-state index contributed by atoms with van der Waals surface area (Å²) in [6.07, 6.45) is 1.58. The number of nitrogens with one attached hydrogen (secondary N) is 1. The number of hydrogen-bond donors (Lipinski definition) is 2. The number of ether oxygens (including phenoxy) is 1. The van der Waals surface area contributed by atoms with Gasteiger partial charge in [0.05, 0.1) is 5.56 Å². The van der Waals surface area contributed by atoms with Crippen molar-refractivity contribution < 1.29 is 29.0 Å². The number of hydrogen-bond acceptors (Lipinski definition) is 7. The maximum atomic E-state index is 13.1. The normalized spacial score (nSPS) is 20.7. The van der Waals surface area contributed by atoms with Crippen LogP contribution in [0.1, 0.15) is 28.9 Å². The highest BCUT2D eigenvalue weighted by Crippen LogP contribution is 2.40. The van der Waals surface area contributed by atoms with E-state index >= 15 is 0 Å². The van der Waals surface area contributed by atoms with Crippen LogP contribution in [-0.4, -0.2) is 55.9 Å². The number of amides is 2. The molecule has 9 nitrogen and oxygen atoms in total. The number of carboxylic acids is 1. The van der Waals surface area contributed by atoms with Gasteiger partial charge in [0.2, 0.25) is 6.10 Å². The molecule has 32 heavy (non-hydrogen) atoms. The van der Waals surface area contributed by atoms with Gasteiger partial charge < -0.3 is 15.2 Å². The molecule has 2 N–H and O–H groups in total. The summed E-state index contributed by atoms with van der Waals surface area (Å²) in [4.78, 5) is 55.0. The second-order valence-electron chi connectivity index (χ2n) is 7.26. The van der Waals surface area contributed by atoms with Crippen LogP contribution in [0.15, 0.2) is 66.1 Å². The molecule has 3 heterocycles. The Morgan fingerprint density at radius 1 is 1.19 bits per heavy atom. The molecule has 2 unspecified atom stereocenters. The fraction of sp³-hybridized carbons (Fsp3) is 0.227. The minimum Gasteiger partial charge on any atom is -0.477 e. The van der Waals surface area contributed by atoms with Gasteiger partial charge in [0.15, 0.2) is 0 Å². The zero-order valence-electron chi connectivity index (χ0n) is 16.9. The molecule has 0 spiro atoms. The Morgan fingerprint density at radius 2 is 1.88 bits per heavy atom. The molecule has 10 heteroatoms. The molecule has 1 aromatic carbocycles. The van der Waals surface area contributed by atoms with Crippen molar-refractivity contribution in [2.75, 3.05) is 5.75 Å². The minimum atomic E-state index is -1.29. The molecule has 0 saturated carbocycles. The summed E-state index contributed by atoms with van der Waals surface area (Å²) >= 11 is 1.37. The average Bonchev–Trinajstić information content (AvgIpc) is 2.81. The highest BCUT2D eigenvalue weighted by molar-refractivity contribution is 8.00. The predicted molar refractivity (Wildman–Crippen MR) is 114 cm³/mol. The van der Waals surface area contributed by atoms with Crippen molar-refractivity contribution in [3.05, 3.63) is 77.3 Å². The van der Waals surface area contributed by atoms with Crippen LogP contribution in [0.5, 0.6) is 0 Å². The number of fused-ring (bicyclic) bond motifs is 1. The molecular formula is C22H19N3O6S. The van der Waals surface area contributed by atoms with E-state index in [9.17, 15) is 24.3 Å². The number of benzene rings is 1. The van der Waals surface area contributed by atoms with E-state index in [1.54, 1.807) is 37.3 Å². The topological polar surface area (TPSA) is 126 Å². The van der Waals surface area contributed by atoms with Crippen LogP contribution in [0.4, 0.5) is 0 Å². The van der Waals surface area contributed by atoms with Crippen molar-refractivity contribution in [2.24, 2.45) is 0 Å².